The zero-order valence-electron chi connectivity index (χ0n) is 11.5. The molecule has 0 fully saturated rings. The van der Waals surface area contributed by atoms with Gasteiger partial charge in [-0.05, 0) is 30.3 Å². The quantitative estimate of drug-likeness (QED) is 0.808. The summed E-state index contributed by atoms with van der Waals surface area (Å²) < 4.78 is 1.81. The number of carbonyl (C=O) groups excluding carboxylic acids is 1. The Hall–Kier alpha value is -2.84. The molecule has 1 aromatic carbocycles. The number of nitrogens with one attached hydrogen (secondary N) is 1. The molecule has 0 unspecified atom stereocenters. The highest BCUT2D eigenvalue weighted by Gasteiger charge is 2.08. The van der Waals surface area contributed by atoms with E-state index in [4.69, 9.17) is 16.9 Å². The van der Waals surface area contributed by atoms with Crippen molar-refractivity contribution in [3.8, 4) is 6.07 Å². The van der Waals surface area contributed by atoms with E-state index >= 15 is 0 Å². The van der Waals surface area contributed by atoms with Gasteiger partial charge in [-0.2, -0.15) is 5.26 Å². The van der Waals surface area contributed by atoms with Crippen LogP contribution in [0.1, 0.15) is 21.6 Å². The lowest BCUT2D eigenvalue weighted by Crippen LogP contribution is -2.22. The molecule has 0 aliphatic rings. The Morgan fingerprint density at radius 1 is 1.32 bits per heavy atom. The second-order valence-electron chi connectivity index (χ2n) is 4.72. The minimum atomic E-state index is -0.243. The van der Waals surface area contributed by atoms with E-state index < -0.39 is 0 Å². The van der Waals surface area contributed by atoms with Gasteiger partial charge < -0.3 is 9.72 Å². The summed E-state index contributed by atoms with van der Waals surface area (Å²) in [6, 6.07) is 12.1. The standard InChI is InChI=1S/C16H11ClN4O/c17-13-4-5-15-20-14(10-21(15)9-13)8-19-16(22)12-3-1-2-11(6-12)7-18/h1-6,9-10H,8H2,(H,19,22). The average Bonchev–Trinajstić information content (AvgIpc) is 2.94. The van der Waals surface area contributed by atoms with Crippen LogP contribution in [0.3, 0.4) is 0 Å². The zero-order chi connectivity index (χ0) is 15.5. The van der Waals surface area contributed by atoms with Crippen molar-refractivity contribution in [3.63, 3.8) is 0 Å². The van der Waals surface area contributed by atoms with Crippen molar-refractivity contribution in [3.05, 3.63) is 70.6 Å². The van der Waals surface area contributed by atoms with Crippen LogP contribution >= 0.6 is 11.6 Å². The summed E-state index contributed by atoms with van der Waals surface area (Å²) in [5.74, 6) is -0.243. The smallest absolute Gasteiger partial charge is 0.251 e. The molecule has 0 atom stereocenters. The van der Waals surface area contributed by atoms with Crippen molar-refractivity contribution in [2.45, 2.75) is 6.54 Å². The van der Waals surface area contributed by atoms with Crippen LogP contribution in [0, 0.1) is 11.3 Å². The molecule has 3 rings (SSSR count). The van der Waals surface area contributed by atoms with Crippen LogP contribution in [0.2, 0.25) is 5.02 Å². The molecular weight excluding hydrogens is 300 g/mol. The summed E-state index contributed by atoms with van der Waals surface area (Å²) in [5, 5.41) is 12.3. The Morgan fingerprint density at radius 2 is 2.18 bits per heavy atom. The number of rotatable bonds is 3. The first-order chi connectivity index (χ1) is 10.7. The van der Waals surface area contributed by atoms with Crippen LogP contribution in [-0.4, -0.2) is 15.3 Å². The topological polar surface area (TPSA) is 70.2 Å². The minimum absolute atomic E-state index is 0.243. The Kier molecular flexibility index (Phi) is 3.77. The van der Waals surface area contributed by atoms with Crippen LogP contribution in [0.5, 0.6) is 0 Å². The van der Waals surface area contributed by atoms with E-state index in [0.29, 0.717) is 22.7 Å². The first-order valence-corrected chi connectivity index (χ1v) is 6.95. The van der Waals surface area contributed by atoms with Crippen LogP contribution in [0.15, 0.2) is 48.8 Å². The number of fused-ring (bicyclic) bond motifs is 1. The van der Waals surface area contributed by atoms with E-state index in [2.05, 4.69) is 10.3 Å². The van der Waals surface area contributed by atoms with Gasteiger partial charge in [0.15, 0.2) is 0 Å². The van der Waals surface area contributed by atoms with Gasteiger partial charge in [0.25, 0.3) is 5.91 Å². The van der Waals surface area contributed by atoms with Gasteiger partial charge in [-0.15, -0.1) is 0 Å². The van der Waals surface area contributed by atoms with Crippen molar-refractivity contribution in [1.82, 2.24) is 14.7 Å². The monoisotopic (exact) mass is 310 g/mol. The zero-order valence-corrected chi connectivity index (χ0v) is 12.2. The molecule has 0 spiro atoms. The summed E-state index contributed by atoms with van der Waals surface area (Å²) in [4.78, 5) is 16.5. The molecule has 0 radical (unpaired) electrons. The number of pyridine rings is 1. The van der Waals surface area contributed by atoms with E-state index in [0.717, 1.165) is 11.3 Å². The number of aromatic nitrogens is 2. The van der Waals surface area contributed by atoms with Crippen LogP contribution in [0.25, 0.3) is 5.65 Å². The normalized spacial score (nSPS) is 10.4. The molecule has 22 heavy (non-hydrogen) atoms. The highest BCUT2D eigenvalue weighted by Crippen LogP contribution is 2.12. The van der Waals surface area contributed by atoms with Gasteiger partial charge >= 0.3 is 0 Å². The first kappa shape index (κ1) is 14.1. The fourth-order valence-electron chi connectivity index (χ4n) is 2.11. The first-order valence-electron chi connectivity index (χ1n) is 6.57. The number of hydrogen-bond acceptors (Lipinski definition) is 3. The van der Waals surface area contributed by atoms with Gasteiger partial charge in [0.05, 0.1) is 28.9 Å². The lowest BCUT2D eigenvalue weighted by Gasteiger charge is -2.03. The maximum absolute atomic E-state index is 12.1. The SMILES string of the molecule is N#Cc1cccc(C(=O)NCc2cn3cc(Cl)ccc3n2)c1. The van der Waals surface area contributed by atoms with Crippen molar-refractivity contribution in [2.24, 2.45) is 0 Å². The number of imidazole rings is 1. The minimum Gasteiger partial charge on any atom is -0.346 e. The summed E-state index contributed by atoms with van der Waals surface area (Å²) >= 11 is 5.92. The van der Waals surface area contributed by atoms with Crippen molar-refractivity contribution < 1.29 is 4.79 Å². The molecule has 1 N–H and O–H groups in total. The van der Waals surface area contributed by atoms with Crippen molar-refractivity contribution in [1.29, 1.82) is 5.26 Å². The second-order valence-corrected chi connectivity index (χ2v) is 5.16. The fraction of sp³-hybridized carbons (Fsp3) is 0.0625. The molecule has 1 amide bonds. The maximum Gasteiger partial charge on any atom is 0.251 e. The molecule has 0 saturated heterocycles. The summed E-state index contributed by atoms with van der Waals surface area (Å²) in [5.41, 5.74) is 2.40. The van der Waals surface area contributed by atoms with Gasteiger partial charge in [-0.25, -0.2) is 4.98 Å². The Bertz CT molecular complexity index is 895. The molecule has 2 aromatic heterocycles. The largest absolute Gasteiger partial charge is 0.346 e. The number of halogens is 1. The lowest BCUT2D eigenvalue weighted by atomic mass is 10.1. The van der Waals surface area contributed by atoms with E-state index in [1.165, 1.54) is 0 Å². The molecule has 2 heterocycles. The van der Waals surface area contributed by atoms with Gasteiger partial charge in [0.1, 0.15) is 5.65 Å². The predicted octanol–water partition coefficient (Wildman–Crippen LogP) is 2.79. The van der Waals surface area contributed by atoms with Gasteiger partial charge in [0.2, 0.25) is 0 Å². The molecule has 0 aliphatic carbocycles. The Labute approximate surface area is 131 Å². The molecule has 0 aliphatic heterocycles. The number of hydrogen-bond donors (Lipinski definition) is 1. The second kappa shape index (κ2) is 5.88. The highest BCUT2D eigenvalue weighted by molar-refractivity contribution is 6.30. The van der Waals surface area contributed by atoms with E-state index in [1.807, 2.05) is 18.3 Å². The van der Waals surface area contributed by atoms with Crippen LogP contribution in [0.4, 0.5) is 0 Å². The Morgan fingerprint density at radius 3 is 3.00 bits per heavy atom. The number of benzene rings is 1. The molecular formula is C16H11ClN4O. The van der Waals surface area contributed by atoms with Gasteiger partial charge in [0, 0.05) is 18.0 Å². The third-order valence-corrected chi connectivity index (χ3v) is 3.37. The number of amides is 1. The van der Waals surface area contributed by atoms with Gasteiger partial charge in [-0.1, -0.05) is 17.7 Å². The van der Waals surface area contributed by atoms with E-state index in [-0.39, 0.29) is 5.91 Å². The molecule has 108 valence electrons. The number of nitriles is 1. The highest BCUT2D eigenvalue weighted by atomic mass is 35.5. The fourth-order valence-corrected chi connectivity index (χ4v) is 2.27. The van der Waals surface area contributed by atoms with Crippen LogP contribution in [-0.2, 0) is 6.54 Å². The molecule has 3 aromatic rings. The molecule has 6 heteroatoms. The third-order valence-electron chi connectivity index (χ3n) is 3.15. The molecule has 5 nitrogen and oxygen atoms in total. The molecule has 0 saturated carbocycles. The summed E-state index contributed by atoms with van der Waals surface area (Å²) in [6.45, 7) is 0.301. The number of carbonyl (C=O) groups is 1. The van der Waals surface area contributed by atoms with Crippen molar-refractivity contribution in [2.75, 3.05) is 0 Å². The maximum atomic E-state index is 12.1. The number of nitrogens with zero attached hydrogens (tertiary/aromatic N) is 3. The lowest BCUT2D eigenvalue weighted by molar-refractivity contribution is 0.0950. The van der Waals surface area contributed by atoms with Crippen LogP contribution < -0.4 is 5.32 Å². The van der Waals surface area contributed by atoms with E-state index in [9.17, 15) is 4.79 Å². The third kappa shape index (κ3) is 2.92. The molecule has 0 bridgehead atoms. The summed E-state index contributed by atoms with van der Waals surface area (Å²) in [7, 11) is 0. The predicted molar refractivity (Wildman–Crippen MR) is 82.5 cm³/mol. The van der Waals surface area contributed by atoms with Gasteiger partial charge in [-0.3, -0.25) is 4.79 Å². The van der Waals surface area contributed by atoms with Crippen molar-refractivity contribution >= 4 is 23.2 Å². The average molecular weight is 311 g/mol. The Balaban J connectivity index is 1.73. The van der Waals surface area contributed by atoms with E-state index in [1.54, 1.807) is 40.9 Å². The summed E-state index contributed by atoms with van der Waals surface area (Å²) in [6.07, 6.45) is 3.57.